The van der Waals surface area contributed by atoms with Gasteiger partial charge in [-0.15, -0.1) is 0 Å². The molecule has 1 aliphatic rings. The molecule has 5 nitrogen and oxygen atoms in total. The number of hydrogen-bond acceptors (Lipinski definition) is 5. The molecular weight excluding hydrogens is 332 g/mol. The van der Waals surface area contributed by atoms with Crippen LogP contribution in [-0.4, -0.2) is 59.6 Å². The van der Waals surface area contributed by atoms with Crippen LogP contribution in [0, 0.1) is 0 Å². The third-order valence-corrected chi connectivity index (χ3v) is 4.97. The lowest BCUT2D eigenvalue weighted by atomic mass is 10.1. The van der Waals surface area contributed by atoms with Gasteiger partial charge in [-0.25, -0.2) is 0 Å². The second-order valence-corrected chi connectivity index (χ2v) is 7.32. The van der Waals surface area contributed by atoms with E-state index < -0.39 is 24.4 Å². The minimum Gasteiger partial charge on any atom is -0.394 e. The number of allylic oxidation sites excluding steroid dienone is 2. The van der Waals surface area contributed by atoms with Crippen LogP contribution in [0.3, 0.4) is 0 Å². The first-order valence-electron chi connectivity index (χ1n) is 10.6. The molecule has 0 radical (unpaired) electrons. The molecule has 0 spiro atoms. The van der Waals surface area contributed by atoms with E-state index in [4.69, 9.17) is 9.47 Å². The molecular formula is C21H40O5. The molecule has 3 N–H and O–H groups in total. The Morgan fingerprint density at radius 2 is 1.58 bits per heavy atom. The second kappa shape index (κ2) is 15.6. The molecule has 1 aliphatic heterocycles. The van der Waals surface area contributed by atoms with Gasteiger partial charge >= 0.3 is 0 Å². The zero-order chi connectivity index (χ0) is 19.0. The van der Waals surface area contributed by atoms with Crippen LogP contribution in [0.15, 0.2) is 12.2 Å². The summed E-state index contributed by atoms with van der Waals surface area (Å²) in [5.41, 5.74) is 0. The van der Waals surface area contributed by atoms with E-state index in [1.54, 1.807) is 0 Å². The maximum Gasteiger partial charge on any atom is 0.114 e. The topological polar surface area (TPSA) is 79.2 Å². The van der Waals surface area contributed by atoms with Gasteiger partial charge in [0.1, 0.15) is 24.4 Å². The van der Waals surface area contributed by atoms with Crippen LogP contribution >= 0.6 is 0 Å². The van der Waals surface area contributed by atoms with Crippen molar-refractivity contribution in [2.45, 2.75) is 102 Å². The van der Waals surface area contributed by atoms with Gasteiger partial charge in [-0.2, -0.15) is 0 Å². The molecule has 0 unspecified atom stereocenters. The predicted octanol–water partition coefficient (Wildman–Crippen LogP) is 3.35. The van der Waals surface area contributed by atoms with Gasteiger partial charge in [0.15, 0.2) is 0 Å². The lowest BCUT2D eigenvalue weighted by molar-refractivity contribution is -0.101. The molecule has 1 fully saturated rings. The van der Waals surface area contributed by atoms with Crippen molar-refractivity contribution in [3.8, 4) is 0 Å². The zero-order valence-corrected chi connectivity index (χ0v) is 16.5. The molecule has 0 aromatic heterocycles. The standard InChI is InChI=1S/C21H40O5/c1-2-3-4-5-6-7-8-9-10-11-12-13-14-15-25-19(16-22)21-20(24)18(23)17-26-21/h10-11,18-24H,2-9,12-17H2,1H3/b11-10+/t18-,19+,20-,21-/m1/s1. The normalized spacial score (nSPS) is 24.5. The first-order chi connectivity index (χ1) is 12.7. The summed E-state index contributed by atoms with van der Waals surface area (Å²) in [6, 6.07) is 0. The van der Waals surface area contributed by atoms with Crippen LogP contribution in [0.1, 0.15) is 77.6 Å². The number of aliphatic hydroxyl groups excluding tert-OH is 3. The number of rotatable bonds is 16. The maximum atomic E-state index is 9.80. The van der Waals surface area contributed by atoms with E-state index in [0.717, 1.165) is 19.3 Å². The van der Waals surface area contributed by atoms with Gasteiger partial charge < -0.3 is 24.8 Å². The molecule has 0 saturated carbocycles. The van der Waals surface area contributed by atoms with Crippen molar-refractivity contribution in [1.82, 2.24) is 0 Å². The Labute approximate surface area is 159 Å². The van der Waals surface area contributed by atoms with Crippen LogP contribution in [-0.2, 0) is 9.47 Å². The number of aliphatic hydroxyl groups is 3. The Morgan fingerprint density at radius 1 is 0.962 bits per heavy atom. The summed E-state index contributed by atoms with van der Waals surface area (Å²) in [6.07, 6.45) is 15.1. The maximum absolute atomic E-state index is 9.80. The predicted molar refractivity (Wildman–Crippen MR) is 104 cm³/mol. The molecule has 26 heavy (non-hydrogen) atoms. The molecule has 1 saturated heterocycles. The van der Waals surface area contributed by atoms with Crippen LogP contribution in [0.4, 0.5) is 0 Å². The third-order valence-electron chi connectivity index (χ3n) is 4.97. The zero-order valence-electron chi connectivity index (χ0n) is 16.5. The molecule has 0 bridgehead atoms. The number of unbranched alkanes of at least 4 members (excludes halogenated alkanes) is 9. The first-order valence-corrected chi connectivity index (χ1v) is 10.6. The highest BCUT2D eigenvalue weighted by atomic mass is 16.6. The van der Waals surface area contributed by atoms with E-state index >= 15 is 0 Å². The monoisotopic (exact) mass is 372 g/mol. The van der Waals surface area contributed by atoms with Gasteiger partial charge in [0.05, 0.1) is 13.2 Å². The molecule has 154 valence electrons. The van der Waals surface area contributed by atoms with E-state index in [9.17, 15) is 15.3 Å². The molecule has 0 amide bonds. The molecule has 5 heteroatoms. The fraction of sp³-hybridized carbons (Fsp3) is 0.905. The van der Waals surface area contributed by atoms with Gasteiger partial charge in [0.25, 0.3) is 0 Å². The average Bonchev–Trinajstić information content (AvgIpc) is 2.98. The molecule has 1 heterocycles. The molecule has 0 aromatic carbocycles. The minimum atomic E-state index is -0.985. The van der Waals surface area contributed by atoms with E-state index in [-0.39, 0.29) is 13.2 Å². The summed E-state index contributed by atoms with van der Waals surface area (Å²) in [4.78, 5) is 0. The quantitative estimate of drug-likeness (QED) is 0.286. The average molecular weight is 373 g/mol. The van der Waals surface area contributed by atoms with Crippen LogP contribution in [0.2, 0.25) is 0 Å². The number of ether oxygens (including phenoxy) is 2. The smallest absolute Gasteiger partial charge is 0.114 e. The van der Waals surface area contributed by atoms with E-state index in [0.29, 0.717) is 6.61 Å². The highest BCUT2D eigenvalue weighted by molar-refractivity contribution is 4.88. The van der Waals surface area contributed by atoms with Crippen molar-refractivity contribution >= 4 is 0 Å². The number of hydrogen-bond donors (Lipinski definition) is 3. The molecule has 0 aromatic rings. The second-order valence-electron chi connectivity index (χ2n) is 7.32. The lowest BCUT2D eigenvalue weighted by Crippen LogP contribution is -2.42. The summed E-state index contributed by atoms with van der Waals surface area (Å²) in [6.45, 7) is 2.66. The summed E-state index contributed by atoms with van der Waals surface area (Å²) >= 11 is 0. The fourth-order valence-corrected chi connectivity index (χ4v) is 3.26. The third kappa shape index (κ3) is 10.0. The van der Waals surface area contributed by atoms with Gasteiger partial charge in [0, 0.05) is 6.61 Å². The van der Waals surface area contributed by atoms with Crippen molar-refractivity contribution in [2.75, 3.05) is 19.8 Å². The summed E-state index contributed by atoms with van der Waals surface area (Å²) in [5.74, 6) is 0. The Morgan fingerprint density at radius 3 is 2.15 bits per heavy atom. The van der Waals surface area contributed by atoms with Crippen LogP contribution in [0.25, 0.3) is 0 Å². The van der Waals surface area contributed by atoms with E-state index in [1.807, 2.05) is 0 Å². The lowest BCUT2D eigenvalue weighted by Gasteiger charge is -2.24. The first kappa shape index (κ1) is 23.6. The minimum absolute atomic E-state index is 0.0925. The van der Waals surface area contributed by atoms with Gasteiger partial charge in [-0.05, 0) is 32.1 Å². The fourth-order valence-electron chi connectivity index (χ4n) is 3.26. The highest BCUT2D eigenvalue weighted by Gasteiger charge is 2.40. The molecule has 1 rings (SSSR count). The Hall–Kier alpha value is -0.460. The van der Waals surface area contributed by atoms with Crippen molar-refractivity contribution in [2.24, 2.45) is 0 Å². The van der Waals surface area contributed by atoms with Crippen molar-refractivity contribution in [3.05, 3.63) is 12.2 Å². The van der Waals surface area contributed by atoms with E-state index in [2.05, 4.69) is 19.1 Å². The Kier molecular flexibility index (Phi) is 14.1. The van der Waals surface area contributed by atoms with Crippen LogP contribution in [0.5, 0.6) is 0 Å². The largest absolute Gasteiger partial charge is 0.394 e. The van der Waals surface area contributed by atoms with Crippen molar-refractivity contribution in [3.63, 3.8) is 0 Å². The van der Waals surface area contributed by atoms with Gasteiger partial charge in [0.2, 0.25) is 0 Å². The molecule has 0 aliphatic carbocycles. The van der Waals surface area contributed by atoms with Crippen molar-refractivity contribution in [1.29, 1.82) is 0 Å². The van der Waals surface area contributed by atoms with E-state index in [1.165, 1.54) is 51.4 Å². The summed E-state index contributed by atoms with van der Waals surface area (Å²) < 4.78 is 10.9. The summed E-state index contributed by atoms with van der Waals surface area (Å²) in [5, 5.41) is 28.7. The Balaban J connectivity index is 1.93. The van der Waals surface area contributed by atoms with Gasteiger partial charge in [-0.3, -0.25) is 0 Å². The Bertz CT molecular complexity index is 347. The molecule has 4 atom stereocenters. The summed E-state index contributed by atoms with van der Waals surface area (Å²) in [7, 11) is 0. The SMILES string of the molecule is CCCCCCCCC/C=C/CCCCO[C@@H](CO)[C@H]1OC[C@@H](O)[C@H]1O. The van der Waals surface area contributed by atoms with Crippen LogP contribution < -0.4 is 0 Å². The van der Waals surface area contributed by atoms with Crippen molar-refractivity contribution < 1.29 is 24.8 Å². The van der Waals surface area contributed by atoms with Gasteiger partial charge in [-0.1, -0.05) is 57.6 Å². The highest BCUT2D eigenvalue weighted by Crippen LogP contribution is 2.19.